The molecule has 2 N–H and O–H groups in total. The van der Waals surface area contributed by atoms with E-state index in [0.29, 0.717) is 0 Å². The number of nitrogens with one attached hydrogen (secondary N) is 1. The molecule has 10 heteroatoms. The molecule has 1 atom stereocenters. The number of carbonyl (C=O) groups excluding carboxylic acids is 2. The summed E-state index contributed by atoms with van der Waals surface area (Å²) >= 11 is 0.911. The summed E-state index contributed by atoms with van der Waals surface area (Å²) in [6, 6.07) is 3.88. The first kappa shape index (κ1) is 17.6. The first-order valence-corrected chi connectivity index (χ1v) is 7.47. The van der Waals surface area contributed by atoms with Crippen molar-refractivity contribution in [3.63, 3.8) is 0 Å². The Morgan fingerprint density at radius 3 is 2.92 bits per heavy atom. The number of rotatable bonds is 5. The molecule has 0 spiro atoms. The Hall–Kier alpha value is -2.75. The molecule has 1 saturated heterocycles. The summed E-state index contributed by atoms with van der Waals surface area (Å²) < 4.78 is 18.4. The molecule has 0 aromatic heterocycles. The van der Waals surface area contributed by atoms with Crippen LogP contribution in [0.15, 0.2) is 28.4 Å². The fraction of sp³-hybridized carbons (Fsp3) is 0.214. The van der Waals surface area contributed by atoms with E-state index in [1.54, 1.807) is 0 Å². The topological polar surface area (TPSA) is 117 Å². The standard InChI is InChI=1S/C14H12FN3O5S/c1-23-13(22)7-3-2-4-9(15)8(7)6-16-18-14-17-12(21)10(24-14)5-11(19)20/h2-4,6,10H,5H2,1H3,(H,19,20)(H,17,18,21). The predicted octanol–water partition coefficient (Wildman–Crippen LogP) is 1.01. The number of aliphatic carboxylic acids is 1. The number of ether oxygens (including phenoxy) is 1. The van der Waals surface area contributed by atoms with E-state index in [0.717, 1.165) is 24.0 Å². The molecular weight excluding hydrogens is 341 g/mol. The third kappa shape index (κ3) is 4.16. The van der Waals surface area contributed by atoms with E-state index < -0.39 is 28.9 Å². The fourth-order valence-corrected chi connectivity index (χ4v) is 2.76. The number of hydrogen-bond donors (Lipinski definition) is 2. The van der Waals surface area contributed by atoms with Crippen LogP contribution in [0.25, 0.3) is 0 Å². The van der Waals surface area contributed by atoms with Gasteiger partial charge < -0.3 is 15.2 Å². The van der Waals surface area contributed by atoms with Crippen molar-refractivity contribution in [2.75, 3.05) is 7.11 Å². The minimum Gasteiger partial charge on any atom is -0.481 e. The van der Waals surface area contributed by atoms with Crippen LogP contribution in [-0.2, 0) is 14.3 Å². The van der Waals surface area contributed by atoms with Crippen molar-refractivity contribution in [1.29, 1.82) is 0 Å². The van der Waals surface area contributed by atoms with Crippen molar-refractivity contribution in [3.8, 4) is 0 Å². The lowest BCUT2D eigenvalue weighted by atomic mass is 10.1. The van der Waals surface area contributed by atoms with E-state index >= 15 is 0 Å². The molecule has 8 nitrogen and oxygen atoms in total. The second kappa shape index (κ2) is 7.68. The maximum Gasteiger partial charge on any atom is 0.338 e. The van der Waals surface area contributed by atoms with Gasteiger partial charge in [0.25, 0.3) is 0 Å². The minimum absolute atomic E-state index is 0.0201. The van der Waals surface area contributed by atoms with Gasteiger partial charge in [-0.2, -0.15) is 5.10 Å². The molecule has 0 radical (unpaired) electrons. The number of carboxylic acid groups (broad SMARTS) is 1. The Morgan fingerprint density at radius 1 is 1.50 bits per heavy atom. The van der Waals surface area contributed by atoms with Crippen LogP contribution in [0.2, 0.25) is 0 Å². The number of benzene rings is 1. The molecule has 0 bridgehead atoms. The third-order valence-corrected chi connectivity index (χ3v) is 4.00. The summed E-state index contributed by atoms with van der Waals surface area (Å²) in [6.45, 7) is 0. The van der Waals surface area contributed by atoms with Crippen LogP contribution in [-0.4, -0.2) is 46.7 Å². The lowest BCUT2D eigenvalue weighted by Crippen LogP contribution is -2.26. The molecule has 1 amide bonds. The number of halogens is 1. The number of methoxy groups -OCH3 is 1. The van der Waals surface area contributed by atoms with Gasteiger partial charge in [0.1, 0.15) is 11.1 Å². The zero-order valence-electron chi connectivity index (χ0n) is 12.4. The van der Waals surface area contributed by atoms with Gasteiger partial charge in [-0.3, -0.25) is 9.59 Å². The zero-order valence-corrected chi connectivity index (χ0v) is 13.2. The number of nitrogens with zero attached hydrogens (tertiary/aromatic N) is 2. The molecular formula is C14H12FN3O5S. The van der Waals surface area contributed by atoms with Crippen LogP contribution in [0.1, 0.15) is 22.3 Å². The Balaban J connectivity index is 2.17. The van der Waals surface area contributed by atoms with Gasteiger partial charge in [-0.1, -0.05) is 17.8 Å². The maximum atomic E-state index is 13.8. The van der Waals surface area contributed by atoms with Gasteiger partial charge in [-0.05, 0) is 12.1 Å². The Kier molecular flexibility index (Phi) is 5.64. The van der Waals surface area contributed by atoms with Crippen molar-refractivity contribution in [3.05, 3.63) is 35.1 Å². The van der Waals surface area contributed by atoms with E-state index in [9.17, 15) is 18.8 Å². The number of esters is 1. The minimum atomic E-state index is -1.11. The zero-order chi connectivity index (χ0) is 17.7. The highest BCUT2D eigenvalue weighted by Crippen LogP contribution is 2.22. The highest BCUT2D eigenvalue weighted by atomic mass is 32.2. The Bertz CT molecular complexity index is 750. The quantitative estimate of drug-likeness (QED) is 0.463. The third-order valence-electron chi connectivity index (χ3n) is 2.93. The molecule has 0 saturated carbocycles. The van der Waals surface area contributed by atoms with Crippen LogP contribution >= 0.6 is 11.8 Å². The molecule has 1 fully saturated rings. The first-order chi connectivity index (χ1) is 11.4. The summed E-state index contributed by atoms with van der Waals surface area (Å²) in [7, 11) is 1.17. The summed E-state index contributed by atoms with van der Waals surface area (Å²) in [6.07, 6.45) is 0.671. The number of hydrogen-bond acceptors (Lipinski definition) is 7. The van der Waals surface area contributed by atoms with E-state index in [-0.39, 0.29) is 22.7 Å². The molecule has 1 aromatic carbocycles. The van der Waals surface area contributed by atoms with Crippen LogP contribution in [0.3, 0.4) is 0 Å². The normalized spacial score (nSPS) is 18.8. The van der Waals surface area contributed by atoms with Crippen LogP contribution in [0, 0.1) is 5.82 Å². The van der Waals surface area contributed by atoms with Gasteiger partial charge >= 0.3 is 11.9 Å². The highest BCUT2D eigenvalue weighted by molar-refractivity contribution is 8.15. The first-order valence-electron chi connectivity index (χ1n) is 6.59. The van der Waals surface area contributed by atoms with Crippen LogP contribution in [0.5, 0.6) is 0 Å². The number of carbonyl (C=O) groups is 3. The predicted molar refractivity (Wildman–Crippen MR) is 84.5 cm³/mol. The van der Waals surface area contributed by atoms with Gasteiger partial charge in [0, 0.05) is 5.56 Å². The van der Waals surface area contributed by atoms with Crippen LogP contribution < -0.4 is 5.32 Å². The van der Waals surface area contributed by atoms with Crippen molar-refractivity contribution >= 4 is 41.0 Å². The van der Waals surface area contributed by atoms with E-state index in [2.05, 4.69) is 20.3 Å². The molecule has 24 heavy (non-hydrogen) atoms. The molecule has 2 rings (SSSR count). The molecule has 126 valence electrons. The number of thioether (sulfide) groups is 1. The van der Waals surface area contributed by atoms with Gasteiger partial charge in [0.05, 0.1) is 25.3 Å². The van der Waals surface area contributed by atoms with Crippen molar-refractivity contribution in [2.24, 2.45) is 10.2 Å². The summed E-state index contributed by atoms with van der Waals surface area (Å²) in [4.78, 5) is 33.8. The largest absolute Gasteiger partial charge is 0.481 e. The lowest BCUT2D eigenvalue weighted by Gasteiger charge is -2.03. The van der Waals surface area contributed by atoms with Gasteiger partial charge in [0.2, 0.25) is 5.91 Å². The molecule has 0 aliphatic carbocycles. The lowest BCUT2D eigenvalue weighted by molar-refractivity contribution is -0.138. The van der Waals surface area contributed by atoms with Gasteiger partial charge in [-0.15, -0.1) is 5.10 Å². The second-order valence-electron chi connectivity index (χ2n) is 4.54. The maximum absolute atomic E-state index is 13.8. The summed E-state index contributed by atoms with van der Waals surface area (Å²) in [5.41, 5.74) is -0.126. The summed E-state index contributed by atoms with van der Waals surface area (Å²) in [5, 5.41) is 17.7. The number of amides is 1. The van der Waals surface area contributed by atoms with Crippen molar-refractivity contribution < 1.29 is 28.6 Å². The molecule has 1 aliphatic rings. The van der Waals surface area contributed by atoms with Gasteiger partial charge in [0.15, 0.2) is 5.17 Å². The molecule has 1 aromatic rings. The molecule has 1 aliphatic heterocycles. The van der Waals surface area contributed by atoms with Gasteiger partial charge in [-0.25, -0.2) is 9.18 Å². The van der Waals surface area contributed by atoms with E-state index in [1.165, 1.54) is 19.2 Å². The van der Waals surface area contributed by atoms with Crippen molar-refractivity contribution in [2.45, 2.75) is 11.7 Å². The Morgan fingerprint density at radius 2 is 2.25 bits per heavy atom. The Labute approximate surface area is 139 Å². The van der Waals surface area contributed by atoms with Crippen molar-refractivity contribution in [1.82, 2.24) is 5.32 Å². The molecule has 1 heterocycles. The fourth-order valence-electron chi connectivity index (χ4n) is 1.84. The van der Waals surface area contributed by atoms with Crippen LogP contribution in [0.4, 0.5) is 4.39 Å². The average molecular weight is 353 g/mol. The second-order valence-corrected chi connectivity index (χ2v) is 5.73. The summed E-state index contributed by atoms with van der Waals surface area (Å²) in [5.74, 6) is -3.01. The smallest absolute Gasteiger partial charge is 0.338 e. The van der Waals surface area contributed by atoms with E-state index in [1.807, 2.05) is 0 Å². The number of carboxylic acids is 1. The molecule has 1 unspecified atom stereocenters. The average Bonchev–Trinajstić information content (AvgIpc) is 2.87. The number of amidine groups is 1. The van der Waals surface area contributed by atoms with E-state index in [4.69, 9.17) is 5.11 Å². The highest BCUT2D eigenvalue weighted by Gasteiger charge is 2.32. The SMILES string of the molecule is COC(=O)c1cccc(F)c1C=NN=C1NC(=O)C(CC(=O)O)S1. The monoisotopic (exact) mass is 353 g/mol.